The molecule has 224 valence electrons. The van der Waals surface area contributed by atoms with Crippen LogP contribution in [0.4, 0.5) is 0 Å². The molecule has 47 heavy (non-hydrogen) atoms. The topological polar surface area (TPSA) is 0 Å². The molecule has 0 spiro atoms. The van der Waals surface area contributed by atoms with Crippen LogP contribution in [0.25, 0.3) is 39.1 Å². The molecule has 2 aliphatic carbocycles. The molecule has 7 aromatic carbocycles. The van der Waals surface area contributed by atoms with Crippen LogP contribution in [0, 0.1) is 13.8 Å². The number of hydrogen-bond acceptors (Lipinski definition) is 0. The normalized spacial score (nSPS) is 15.1. The molecule has 0 aliphatic heterocycles. The van der Waals surface area contributed by atoms with E-state index in [0.717, 1.165) is 0 Å². The summed E-state index contributed by atoms with van der Waals surface area (Å²) in [7, 11) is 0. The number of hydrogen-bond donors (Lipinski definition) is 0. The molecule has 0 nitrogen and oxygen atoms in total. The van der Waals surface area contributed by atoms with Gasteiger partial charge in [0.1, 0.15) is 0 Å². The molecule has 9 rings (SSSR count). The van der Waals surface area contributed by atoms with Crippen LogP contribution in [0.2, 0.25) is 0 Å². The summed E-state index contributed by atoms with van der Waals surface area (Å²) in [5.74, 6) is 0.217. The van der Waals surface area contributed by atoms with Crippen LogP contribution in [-0.4, -0.2) is 0 Å². The minimum atomic E-state index is -0.409. The Morgan fingerprint density at radius 1 is 0.447 bits per heavy atom. The molecule has 1 atom stereocenters. The van der Waals surface area contributed by atoms with Gasteiger partial charge in [0, 0.05) is 17.3 Å². The molecular formula is C47H36. The zero-order valence-electron chi connectivity index (χ0n) is 26.8. The molecular weight excluding hydrogens is 565 g/mol. The van der Waals surface area contributed by atoms with Gasteiger partial charge in [-0.1, -0.05) is 175 Å². The van der Waals surface area contributed by atoms with Gasteiger partial charge in [0.2, 0.25) is 0 Å². The van der Waals surface area contributed by atoms with E-state index in [0.29, 0.717) is 0 Å². The van der Waals surface area contributed by atoms with E-state index in [2.05, 4.69) is 184 Å². The van der Waals surface area contributed by atoms with Gasteiger partial charge in [-0.2, -0.15) is 0 Å². The Morgan fingerprint density at radius 2 is 1.04 bits per heavy atom. The highest BCUT2D eigenvalue weighted by atomic mass is 14.5. The fourth-order valence-electron chi connectivity index (χ4n) is 8.80. The van der Waals surface area contributed by atoms with Crippen molar-refractivity contribution in [2.75, 3.05) is 0 Å². The summed E-state index contributed by atoms with van der Waals surface area (Å²) in [5, 5.41) is 2.54. The lowest BCUT2D eigenvalue weighted by Gasteiger charge is -2.46. The zero-order valence-corrected chi connectivity index (χ0v) is 26.8. The lowest BCUT2D eigenvalue weighted by molar-refractivity contribution is 0.416. The minimum Gasteiger partial charge on any atom is -0.0751 e. The molecule has 0 amide bonds. The van der Waals surface area contributed by atoms with E-state index in [1.54, 1.807) is 0 Å². The Kier molecular flexibility index (Phi) is 6.40. The molecule has 0 saturated carbocycles. The average Bonchev–Trinajstić information content (AvgIpc) is 3.69. The zero-order chi connectivity index (χ0) is 31.5. The molecule has 7 aromatic rings. The van der Waals surface area contributed by atoms with E-state index >= 15 is 0 Å². The van der Waals surface area contributed by atoms with Crippen molar-refractivity contribution in [3.8, 4) is 22.3 Å². The quantitative estimate of drug-likeness (QED) is 0.184. The van der Waals surface area contributed by atoms with Crippen LogP contribution in [0.3, 0.4) is 0 Å². The lowest BCUT2D eigenvalue weighted by Crippen LogP contribution is -2.40. The fraction of sp³-hybridized carbons (Fsp3) is 0.106. The SMILES string of the molecule is Cc1ccc2c(c1)C(C(c1ccccc1)(c1ccccc1)C1C=Cc3c(-c4ccc5ccccc5c4)cccc31)c1cc(C)ccc1-2. The Balaban J connectivity index is 1.36. The third-order valence-electron chi connectivity index (χ3n) is 10.8. The Hall–Kier alpha value is -5.46. The smallest absolute Gasteiger partial charge is 0.0415 e. The van der Waals surface area contributed by atoms with Crippen LogP contribution in [0.5, 0.6) is 0 Å². The number of benzene rings is 7. The molecule has 0 fully saturated rings. The van der Waals surface area contributed by atoms with Crippen molar-refractivity contribution in [3.05, 3.63) is 208 Å². The molecule has 0 heterocycles. The van der Waals surface area contributed by atoms with Gasteiger partial charge < -0.3 is 0 Å². The second-order valence-corrected chi connectivity index (χ2v) is 13.4. The number of rotatable bonds is 5. The lowest BCUT2D eigenvalue weighted by atomic mass is 9.55. The van der Waals surface area contributed by atoms with Crippen molar-refractivity contribution < 1.29 is 0 Å². The first kappa shape index (κ1) is 27.8. The number of aryl methyl sites for hydroxylation is 2. The van der Waals surface area contributed by atoms with Crippen molar-refractivity contribution in [2.24, 2.45) is 0 Å². The van der Waals surface area contributed by atoms with E-state index in [1.807, 2.05) is 0 Å². The van der Waals surface area contributed by atoms with Crippen LogP contribution in [-0.2, 0) is 5.41 Å². The molecule has 0 bridgehead atoms. The molecule has 2 aliphatic rings. The molecule has 0 N–H and O–H groups in total. The summed E-state index contributed by atoms with van der Waals surface area (Å²) in [6.45, 7) is 4.47. The monoisotopic (exact) mass is 600 g/mol. The maximum absolute atomic E-state index is 2.51. The Morgan fingerprint density at radius 3 is 1.68 bits per heavy atom. The van der Waals surface area contributed by atoms with Crippen molar-refractivity contribution in [1.82, 2.24) is 0 Å². The summed E-state index contributed by atoms with van der Waals surface area (Å²) < 4.78 is 0. The second-order valence-electron chi connectivity index (χ2n) is 13.4. The second kappa shape index (κ2) is 10.8. The van der Waals surface area contributed by atoms with Gasteiger partial charge in [0.15, 0.2) is 0 Å². The first-order chi connectivity index (χ1) is 23.1. The predicted molar refractivity (Wildman–Crippen MR) is 198 cm³/mol. The van der Waals surface area contributed by atoms with Crippen molar-refractivity contribution in [2.45, 2.75) is 31.1 Å². The Bertz CT molecular complexity index is 2230. The van der Waals surface area contributed by atoms with Gasteiger partial charge in [-0.25, -0.2) is 0 Å². The molecule has 1 unspecified atom stereocenters. The highest BCUT2D eigenvalue weighted by molar-refractivity contribution is 5.90. The third-order valence-corrected chi connectivity index (χ3v) is 10.8. The summed E-state index contributed by atoms with van der Waals surface area (Å²) in [6, 6.07) is 59.4. The molecule has 0 aromatic heterocycles. The average molecular weight is 601 g/mol. The first-order valence-electron chi connectivity index (χ1n) is 16.8. The van der Waals surface area contributed by atoms with E-state index in [9.17, 15) is 0 Å². The maximum Gasteiger partial charge on any atom is 0.0415 e. The standard InChI is InChI=1S/C47H36/c1-31-20-24-40-41-25-21-32(2)29-44(41)46(43(40)28-31)47(36-14-5-3-6-15-36,37-16-7-4-8-17-37)45-27-26-39-38(18-11-19-42(39)45)35-23-22-33-12-9-10-13-34(33)30-35/h3-30,45-46H,1-2H3. The number of allylic oxidation sites excluding steroid dienone is 1. The van der Waals surface area contributed by atoms with E-state index < -0.39 is 5.41 Å². The summed E-state index contributed by atoms with van der Waals surface area (Å²) in [6.07, 6.45) is 4.92. The largest absolute Gasteiger partial charge is 0.0751 e. The van der Waals surface area contributed by atoms with Crippen LogP contribution in [0.15, 0.2) is 164 Å². The van der Waals surface area contributed by atoms with E-state index in [1.165, 1.54) is 77.5 Å². The Labute approximate surface area is 277 Å². The molecule has 0 heteroatoms. The number of fused-ring (bicyclic) bond motifs is 5. The maximum atomic E-state index is 2.51. The van der Waals surface area contributed by atoms with Crippen LogP contribution < -0.4 is 0 Å². The first-order valence-corrected chi connectivity index (χ1v) is 16.8. The van der Waals surface area contributed by atoms with Gasteiger partial charge in [-0.3, -0.25) is 0 Å². The molecule has 0 radical (unpaired) electrons. The van der Waals surface area contributed by atoms with Gasteiger partial charge in [-0.15, -0.1) is 0 Å². The van der Waals surface area contributed by atoms with Gasteiger partial charge in [0.25, 0.3) is 0 Å². The highest BCUT2D eigenvalue weighted by Crippen LogP contribution is 2.63. The van der Waals surface area contributed by atoms with Gasteiger partial charge in [0.05, 0.1) is 0 Å². The highest BCUT2D eigenvalue weighted by Gasteiger charge is 2.53. The van der Waals surface area contributed by atoms with Crippen LogP contribution in [0.1, 0.15) is 56.3 Å². The predicted octanol–water partition coefficient (Wildman–Crippen LogP) is 12.0. The van der Waals surface area contributed by atoms with Crippen molar-refractivity contribution >= 4 is 16.8 Å². The fourth-order valence-corrected chi connectivity index (χ4v) is 8.80. The van der Waals surface area contributed by atoms with Gasteiger partial charge in [-0.05, 0) is 86.3 Å². The summed E-state index contributed by atoms with van der Waals surface area (Å²) >= 11 is 0. The van der Waals surface area contributed by atoms with E-state index in [4.69, 9.17) is 0 Å². The van der Waals surface area contributed by atoms with Gasteiger partial charge >= 0.3 is 0 Å². The van der Waals surface area contributed by atoms with Crippen LogP contribution >= 0.6 is 0 Å². The minimum absolute atomic E-state index is 0.104. The van der Waals surface area contributed by atoms with Crippen molar-refractivity contribution in [3.63, 3.8) is 0 Å². The van der Waals surface area contributed by atoms with E-state index in [-0.39, 0.29) is 11.8 Å². The summed E-state index contributed by atoms with van der Waals surface area (Å²) in [5.41, 5.74) is 15.7. The molecule has 0 saturated heterocycles. The summed E-state index contributed by atoms with van der Waals surface area (Å²) in [4.78, 5) is 0. The third kappa shape index (κ3) is 4.21. The van der Waals surface area contributed by atoms with Crippen molar-refractivity contribution in [1.29, 1.82) is 0 Å².